The van der Waals surface area contributed by atoms with E-state index in [2.05, 4.69) is 4.99 Å². The molecule has 0 unspecified atom stereocenters. The van der Waals surface area contributed by atoms with Crippen LogP contribution in [0.4, 0.5) is 10.1 Å². The largest absolute Gasteiger partial charge is 0.316 e. The third kappa shape index (κ3) is 3.35. The molecule has 2 saturated heterocycles. The molecule has 0 spiro atoms. The van der Waals surface area contributed by atoms with Crippen LogP contribution in [0.15, 0.2) is 23.2 Å². The molecule has 2 atom stereocenters. The Bertz CT molecular complexity index is 800. The number of fused-ring (bicyclic) bond motifs is 1. The summed E-state index contributed by atoms with van der Waals surface area (Å²) in [6.45, 7) is 0. The molecule has 5 nitrogen and oxygen atoms in total. The van der Waals surface area contributed by atoms with Crippen LogP contribution in [0, 0.1) is 5.82 Å². The summed E-state index contributed by atoms with van der Waals surface area (Å²) in [6, 6.07) is 3.70. The highest BCUT2D eigenvalue weighted by atomic mass is 35.5. The Morgan fingerprint density at radius 3 is 2.83 bits per heavy atom. The summed E-state index contributed by atoms with van der Waals surface area (Å²) < 4.78 is 37.1. The average Bonchev–Trinajstić information content (AvgIpc) is 2.93. The number of benzene rings is 1. The maximum atomic E-state index is 13.4. The Morgan fingerprint density at radius 2 is 2.17 bits per heavy atom. The lowest BCUT2D eigenvalue weighted by Crippen LogP contribution is -2.37. The number of hydrogen-bond donors (Lipinski definition) is 0. The number of carbonyl (C=O) groups is 1. The first-order chi connectivity index (χ1) is 10.8. The molecule has 3 rings (SSSR count). The normalized spacial score (nSPS) is 27.4. The van der Waals surface area contributed by atoms with E-state index in [1.165, 1.54) is 30.0 Å². The van der Waals surface area contributed by atoms with E-state index >= 15 is 0 Å². The van der Waals surface area contributed by atoms with Gasteiger partial charge in [-0.3, -0.25) is 4.79 Å². The first kappa shape index (κ1) is 17.0. The molecule has 0 aliphatic carbocycles. The van der Waals surface area contributed by atoms with Gasteiger partial charge < -0.3 is 4.90 Å². The van der Waals surface area contributed by atoms with E-state index in [9.17, 15) is 17.6 Å². The number of sulfone groups is 1. The molecule has 23 heavy (non-hydrogen) atoms. The van der Waals surface area contributed by atoms with E-state index in [1.807, 2.05) is 0 Å². The predicted molar refractivity (Wildman–Crippen MR) is 90.9 cm³/mol. The molecule has 0 saturated carbocycles. The van der Waals surface area contributed by atoms with Crippen LogP contribution in [0.1, 0.15) is 0 Å². The van der Waals surface area contributed by atoms with E-state index in [4.69, 9.17) is 23.2 Å². The maximum absolute atomic E-state index is 13.4. The summed E-state index contributed by atoms with van der Waals surface area (Å²) >= 11 is 12.5. The summed E-state index contributed by atoms with van der Waals surface area (Å²) in [6.07, 6.45) is 0. The quantitative estimate of drug-likeness (QED) is 0.717. The monoisotopic (exact) mass is 396 g/mol. The number of anilines is 1. The third-order valence-electron chi connectivity index (χ3n) is 3.58. The first-order valence-electron chi connectivity index (χ1n) is 6.59. The molecule has 2 aliphatic heterocycles. The Hall–Kier alpha value is -0.830. The highest BCUT2D eigenvalue weighted by Gasteiger charge is 2.49. The van der Waals surface area contributed by atoms with Crippen LogP contribution < -0.4 is 4.90 Å². The molecule has 2 heterocycles. The number of alkyl halides is 1. The number of thioether (sulfide) groups is 1. The fourth-order valence-electron chi connectivity index (χ4n) is 2.64. The summed E-state index contributed by atoms with van der Waals surface area (Å²) in [5.74, 6) is -1.39. The van der Waals surface area contributed by atoms with Crippen molar-refractivity contribution in [3.8, 4) is 0 Å². The lowest BCUT2D eigenvalue weighted by Gasteiger charge is -2.24. The van der Waals surface area contributed by atoms with Gasteiger partial charge in [0, 0.05) is 10.9 Å². The standard InChI is InChI=1S/C13H11Cl2FN2O3S2/c14-4-12(19)17-13-18(7-1-2-9(16)8(15)3-7)10-5-23(20,21)6-11(10)22-13/h1-3,10-11H,4-6H2/t10-,11-/m0/s1. The molecular weight excluding hydrogens is 386 g/mol. The highest BCUT2D eigenvalue weighted by molar-refractivity contribution is 8.16. The van der Waals surface area contributed by atoms with Gasteiger partial charge in [0.05, 0.1) is 22.6 Å². The molecule has 0 aromatic heterocycles. The Balaban J connectivity index is 2.04. The van der Waals surface area contributed by atoms with Gasteiger partial charge in [-0.05, 0) is 18.2 Å². The van der Waals surface area contributed by atoms with Crippen molar-refractivity contribution in [3.05, 3.63) is 29.0 Å². The molecule has 0 radical (unpaired) electrons. The van der Waals surface area contributed by atoms with Gasteiger partial charge in [-0.15, -0.1) is 11.6 Å². The molecular formula is C13H11Cl2FN2O3S2. The summed E-state index contributed by atoms with van der Waals surface area (Å²) in [4.78, 5) is 17.1. The van der Waals surface area contributed by atoms with Crippen molar-refractivity contribution in [1.29, 1.82) is 0 Å². The fourth-order valence-corrected chi connectivity index (χ4v) is 6.80. The van der Waals surface area contributed by atoms with E-state index in [-0.39, 0.29) is 33.7 Å². The van der Waals surface area contributed by atoms with E-state index in [1.54, 1.807) is 4.90 Å². The van der Waals surface area contributed by atoms with Gasteiger partial charge in [0.15, 0.2) is 15.0 Å². The number of carbonyl (C=O) groups excluding carboxylic acids is 1. The van der Waals surface area contributed by atoms with Gasteiger partial charge in [0.25, 0.3) is 5.91 Å². The summed E-state index contributed by atoms with van der Waals surface area (Å²) in [5, 5.41) is 0.0498. The number of nitrogens with zero attached hydrogens (tertiary/aromatic N) is 2. The van der Waals surface area contributed by atoms with Gasteiger partial charge in [-0.2, -0.15) is 4.99 Å². The van der Waals surface area contributed by atoms with Gasteiger partial charge in [0.2, 0.25) is 0 Å². The van der Waals surface area contributed by atoms with Crippen LogP contribution in [0.5, 0.6) is 0 Å². The number of hydrogen-bond acceptors (Lipinski definition) is 4. The van der Waals surface area contributed by atoms with Crippen molar-refractivity contribution < 1.29 is 17.6 Å². The summed E-state index contributed by atoms with van der Waals surface area (Å²) in [5.41, 5.74) is 0.495. The zero-order valence-electron chi connectivity index (χ0n) is 11.6. The van der Waals surface area contributed by atoms with E-state index < -0.39 is 21.6 Å². The van der Waals surface area contributed by atoms with E-state index in [0.717, 1.165) is 0 Å². The van der Waals surface area contributed by atoms with Crippen molar-refractivity contribution in [3.63, 3.8) is 0 Å². The van der Waals surface area contributed by atoms with Crippen LogP contribution in [0.25, 0.3) is 0 Å². The Kier molecular flexibility index (Phi) is 4.61. The zero-order valence-corrected chi connectivity index (χ0v) is 14.7. The molecule has 2 fully saturated rings. The van der Waals surface area contributed by atoms with Gasteiger partial charge in [-0.25, -0.2) is 12.8 Å². The highest BCUT2D eigenvalue weighted by Crippen LogP contribution is 2.41. The third-order valence-corrected chi connectivity index (χ3v) is 7.31. The number of amides is 1. The molecule has 0 N–H and O–H groups in total. The van der Waals surface area contributed by atoms with Crippen LogP contribution in [0.2, 0.25) is 5.02 Å². The lowest BCUT2D eigenvalue weighted by atomic mass is 10.2. The van der Waals surface area contributed by atoms with Crippen molar-refractivity contribution in [1.82, 2.24) is 0 Å². The van der Waals surface area contributed by atoms with Crippen LogP contribution in [0.3, 0.4) is 0 Å². The smallest absolute Gasteiger partial charge is 0.262 e. The van der Waals surface area contributed by atoms with Crippen LogP contribution in [-0.4, -0.2) is 48.2 Å². The molecule has 0 bridgehead atoms. The second kappa shape index (κ2) is 6.23. The number of aliphatic imine (C=N–C) groups is 1. The van der Waals surface area contributed by atoms with Crippen molar-refractivity contribution in [2.24, 2.45) is 4.99 Å². The summed E-state index contributed by atoms with van der Waals surface area (Å²) in [7, 11) is -3.16. The minimum atomic E-state index is -3.16. The number of amidine groups is 1. The zero-order chi connectivity index (χ0) is 16.8. The molecule has 2 aliphatic rings. The molecule has 1 aromatic rings. The second-order valence-corrected chi connectivity index (χ2v) is 9.23. The van der Waals surface area contributed by atoms with Crippen molar-refractivity contribution in [2.75, 3.05) is 22.3 Å². The maximum Gasteiger partial charge on any atom is 0.262 e. The number of halogens is 3. The van der Waals surface area contributed by atoms with Crippen LogP contribution >= 0.6 is 35.0 Å². The molecule has 10 heteroatoms. The minimum Gasteiger partial charge on any atom is -0.316 e. The minimum absolute atomic E-state index is 0.0157. The fraction of sp³-hybridized carbons (Fsp3) is 0.385. The van der Waals surface area contributed by atoms with Gasteiger partial charge in [0.1, 0.15) is 11.7 Å². The number of rotatable bonds is 2. The topological polar surface area (TPSA) is 66.8 Å². The van der Waals surface area contributed by atoms with Crippen molar-refractivity contribution in [2.45, 2.75) is 11.3 Å². The molecule has 1 aromatic carbocycles. The SMILES string of the molecule is O=C(CCl)N=C1S[C@H]2CS(=O)(=O)C[C@@H]2N1c1ccc(F)c(Cl)c1. The lowest BCUT2D eigenvalue weighted by molar-refractivity contribution is -0.115. The molecule has 124 valence electrons. The average molecular weight is 397 g/mol. The first-order valence-corrected chi connectivity index (χ1v) is 10.2. The van der Waals surface area contributed by atoms with E-state index in [0.29, 0.717) is 10.9 Å². The Morgan fingerprint density at radius 1 is 1.43 bits per heavy atom. The molecule has 1 amide bonds. The predicted octanol–water partition coefficient (Wildman–Crippen LogP) is 2.32. The van der Waals surface area contributed by atoms with Gasteiger partial charge >= 0.3 is 0 Å². The van der Waals surface area contributed by atoms with Gasteiger partial charge in [-0.1, -0.05) is 23.4 Å². The second-order valence-electron chi connectivity index (χ2n) is 5.19. The van der Waals surface area contributed by atoms with Crippen LogP contribution in [-0.2, 0) is 14.6 Å². The Labute approximate surface area is 146 Å². The van der Waals surface area contributed by atoms with Crippen molar-refractivity contribution >= 4 is 61.6 Å².